The molecule has 0 aliphatic carbocycles. The number of aryl methyl sites for hydroxylation is 1. The third kappa shape index (κ3) is 4.16. The van der Waals surface area contributed by atoms with E-state index in [1.807, 2.05) is 18.3 Å². The highest BCUT2D eigenvalue weighted by atomic mass is 16.5. The van der Waals surface area contributed by atoms with Crippen LogP contribution < -0.4 is 15.6 Å². The summed E-state index contributed by atoms with van der Waals surface area (Å²) in [5.74, 6) is 1.59. The van der Waals surface area contributed by atoms with Crippen LogP contribution in [0.25, 0.3) is 0 Å². The smallest absolute Gasteiger partial charge is 0.245 e. The topological polar surface area (TPSA) is 77.9 Å². The number of ether oxygens (including phenoxy) is 1. The monoisotopic (exact) mass is 407 g/mol. The summed E-state index contributed by atoms with van der Waals surface area (Å²) in [6.07, 6.45) is 3.01. The quantitative estimate of drug-likeness (QED) is 0.577. The Labute approximate surface area is 177 Å². The molecule has 0 bridgehead atoms. The normalized spacial score (nSPS) is 22.0. The molecule has 1 aromatic heterocycles. The molecule has 1 atom stereocenters. The zero-order valence-electron chi connectivity index (χ0n) is 17.5. The summed E-state index contributed by atoms with van der Waals surface area (Å²) < 4.78 is 5.55. The van der Waals surface area contributed by atoms with E-state index in [4.69, 9.17) is 14.7 Å². The summed E-state index contributed by atoms with van der Waals surface area (Å²) in [7, 11) is 0. The van der Waals surface area contributed by atoms with Gasteiger partial charge >= 0.3 is 0 Å². The molecule has 2 fully saturated rings. The van der Waals surface area contributed by atoms with Crippen LogP contribution in [0.3, 0.4) is 0 Å². The summed E-state index contributed by atoms with van der Waals surface area (Å²) in [6, 6.07) is 8.82. The van der Waals surface area contributed by atoms with Crippen molar-refractivity contribution in [3.8, 4) is 0 Å². The molecule has 3 aliphatic heterocycles. The molecule has 3 aliphatic rings. The molecule has 0 spiro atoms. The molecule has 0 amide bonds. The van der Waals surface area contributed by atoms with Crippen molar-refractivity contribution in [1.29, 1.82) is 0 Å². The largest absolute Gasteiger partial charge is 0.378 e. The second kappa shape index (κ2) is 8.67. The number of nitrogens with one attached hydrogen (secondary N) is 2. The molecule has 1 aromatic carbocycles. The van der Waals surface area contributed by atoms with Crippen molar-refractivity contribution in [1.82, 2.24) is 20.2 Å². The number of hydrogen-bond acceptors (Lipinski definition) is 8. The summed E-state index contributed by atoms with van der Waals surface area (Å²) in [4.78, 5) is 14.6. The Bertz CT molecular complexity index is 920. The highest BCUT2D eigenvalue weighted by molar-refractivity contribution is 5.80. The van der Waals surface area contributed by atoms with Gasteiger partial charge in [0.15, 0.2) is 0 Å². The molecule has 0 radical (unpaired) electrons. The number of nitrogens with zero attached hydrogens (tertiary/aromatic N) is 5. The average molecular weight is 408 g/mol. The van der Waals surface area contributed by atoms with Crippen LogP contribution in [0.15, 0.2) is 29.4 Å². The van der Waals surface area contributed by atoms with Crippen LogP contribution in [-0.2, 0) is 17.8 Å². The fourth-order valence-corrected chi connectivity index (χ4v) is 4.47. The zero-order chi connectivity index (χ0) is 20.3. The first-order chi connectivity index (χ1) is 14.8. The van der Waals surface area contributed by atoms with Gasteiger partial charge in [-0.3, -0.25) is 4.90 Å². The predicted molar refractivity (Wildman–Crippen MR) is 118 cm³/mol. The molecule has 2 saturated heterocycles. The number of rotatable bonds is 5. The fraction of sp³-hybridized carbons (Fsp3) is 0.500. The Balaban J connectivity index is 1.39. The average Bonchev–Trinajstić information content (AvgIpc) is 3.44. The minimum absolute atomic E-state index is 0.561. The van der Waals surface area contributed by atoms with Gasteiger partial charge in [-0.2, -0.15) is 10.1 Å². The molecule has 5 rings (SSSR count). The Morgan fingerprint density at radius 1 is 1.23 bits per heavy atom. The van der Waals surface area contributed by atoms with Gasteiger partial charge in [0, 0.05) is 44.3 Å². The number of morpholine rings is 1. The van der Waals surface area contributed by atoms with E-state index in [0.29, 0.717) is 12.0 Å². The van der Waals surface area contributed by atoms with Crippen LogP contribution in [0, 0.1) is 6.92 Å². The lowest BCUT2D eigenvalue weighted by Gasteiger charge is -2.29. The molecule has 2 N–H and O–H groups in total. The highest BCUT2D eigenvalue weighted by Gasteiger charge is 2.33. The first kappa shape index (κ1) is 19.4. The summed E-state index contributed by atoms with van der Waals surface area (Å²) in [6.45, 7) is 9.22. The van der Waals surface area contributed by atoms with E-state index in [-0.39, 0.29) is 0 Å². The number of hydrazone groups is 1. The number of benzene rings is 1. The summed E-state index contributed by atoms with van der Waals surface area (Å²) in [5.41, 5.74) is 7.71. The molecule has 8 heteroatoms. The third-order valence-electron chi connectivity index (χ3n) is 6.07. The van der Waals surface area contributed by atoms with Gasteiger partial charge in [-0.15, -0.1) is 0 Å². The number of fused-ring (bicyclic) bond motifs is 1. The predicted octanol–water partition coefficient (Wildman–Crippen LogP) is 1.75. The van der Waals surface area contributed by atoms with Crippen LogP contribution in [0.5, 0.6) is 0 Å². The lowest BCUT2D eigenvalue weighted by Crippen LogP contribution is -2.38. The summed E-state index contributed by atoms with van der Waals surface area (Å²) in [5, 5.41) is 7.87. The second-order valence-corrected chi connectivity index (χ2v) is 8.23. The fourth-order valence-electron chi connectivity index (χ4n) is 4.47. The van der Waals surface area contributed by atoms with Crippen molar-refractivity contribution < 1.29 is 4.74 Å². The lowest BCUT2D eigenvalue weighted by atomic mass is 10.2. The summed E-state index contributed by atoms with van der Waals surface area (Å²) >= 11 is 0. The van der Waals surface area contributed by atoms with E-state index < -0.39 is 0 Å². The second-order valence-electron chi connectivity index (χ2n) is 8.23. The van der Waals surface area contributed by atoms with E-state index in [1.165, 1.54) is 17.5 Å². The van der Waals surface area contributed by atoms with Gasteiger partial charge in [0.25, 0.3) is 0 Å². The molecule has 8 nitrogen and oxygen atoms in total. The third-order valence-corrected chi connectivity index (χ3v) is 6.07. The van der Waals surface area contributed by atoms with Crippen molar-refractivity contribution in [3.05, 3.63) is 46.6 Å². The molecule has 158 valence electrons. The molecular weight excluding hydrogens is 378 g/mol. The van der Waals surface area contributed by atoms with Gasteiger partial charge in [-0.25, -0.2) is 10.4 Å². The number of hydrogen-bond donors (Lipinski definition) is 2. The van der Waals surface area contributed by atoms with Gasteiger partial charge in [0.2, 0.25) is 5.95 Å². The Morgan fingerprint density at radius 2 is 2.13 bits per heavy atom. The van der Waals surface area contributed by atoms with Crippen LogP contribution in [-0.4, -0.2) is 66.5 Å². The molecule has 0 unspecified atom stereocenters. The molecule has 0 saturated carbocycles. The van der Waals surface area contributed by atoms with Crippen molar-refractivity contribution in [2.45, 2.75) is 32.5 Å². The van der Waals surface area contributed by atoms with E-state index in [1.54, 1.807) is 0 Å². The Hall–Kier alpha value is -2.55. The van der Waals surface area contributed by atoms with Gasteiger partial charge in [-0.1, -0.05) is 29.8 Å². The first-order valence-corrected chi connectivity index (χ1v) is 10.8. The number of aromatic nitrogens is 2. The van der Waals surface area contributed by atoms with Crippen molar-refractivity contribution in [2.75, 3.05) is 49.7 Å². The van der Waals surface area contributed by atoms with Crippen LogP contribution in [0.4, 0.5) is 11.8 Å². The van der Waals surface area contributed by atoms with E-state index in [9.17, 15) is 0 Å². The van der Waals surface area contributed by atoms with Gasteiger partial charge in [-0.05, 0) is 25.5 Å². The maximum Gasteiger partial charge on any atom is 0.245 e. The standard InChI is InChI=1S/C22H29N7O/c1-16-3-2-4-17(11-16)12-24-27-22-25-20-15-29(18-5-6-23-13-18)14-19(20)21(26-22)28-7-9-30-10-8-28/h2-4,11-12,18,23H,5-10,13-15H2,1H3,(H,25,26,27)/b24-12+/t18-/m1/s1. The minimum Gasteiger partial charge on any atom is -0.378 e. The SMILES string of the molecule is Cc1cccc(/C=N/Nc2nc3c(c(N4CCOCC4)n2)CN([C@@H]2CCNC2)C3)c1. The highest BCUT2D eigenvalue weighted by Crippen LogP contribution is 2.32. The first-order valence-electron chi connectivity index (χ1n) is 10.8. The van der Waals surface area contributed by atoms with E-state index >= 15 is 0 Å². The van der Waals surface area contributed by atoms with Gasteiger partial charge in [0.05, 0.1) is 25.1 Å². The molecule has 30 heavy (non-hydrogen) atoms. The van der Waals surface area contributed by atoms with Crippen molar-refractivity contribution >= 4 is 18.0 Å². The Morgan fingerprint density at radius 3 is 2.93 bits per heavy atom. The van der Waals surface area contributed by atoms with Crippen LogP contribution in [0.2, 0.25) is 0 Å². The Kier molecular flexibility index (Phi) is 5.61. The van der Waals surface area contributed by atoms with Gasteiger partial charge < -0.3 is 15.0 Å². The lowest BCUT2D eigenvalue weighted by molar-refractivity contribution is 0.122. The zero-order valence-corrected chi connectivity index (χ0v) is 17.5. The maximum absolute atomic E-state index is 5.55. The van der Waals surface area contributed by atoms with Crippen molar-refractivity contribution in [2.24, 2.45) is 5.10 Å². The molecule has 4 heterocycles. The van der Waals surface area contributed by atoms with Crippen molar-refractivity contribution in [3.63, 3.8) is 0 Å². The maximum atomic E-state index is 5.55. The number of anilines is 2. The van der Waals surface area contributed by atoms with E-state index in [0.717, 1.165) is 69.6 Å². The van der Waals surface area contributed by atoms with Crippen LogP contribution >= 0.6 is 0 Å². The minimum atomic E-state index is 0.561. The van der Waals surface area contributed by atoms with Crippen LogP contribution in [0.1, 0.15) is 28.8 Å². The van der Waals surface area contributed by atoms with E-state index in [2.05, 4.69) is 44.7 Å². The van der Waals surface area contributed by atoms with Gasteiger partial charge in [0.1, 0.15) is 5.82 Å². The molecule has 2 aromatic rings. The molecular formula is C22H29N7O.